The molecule has 0 radical (unpaired) electrons. The summed E-state index contributed by atoms with van der Waals surface area (Å²) in [5.41, 5.74) is 1.14. The first-order valence-corrected chi connectivity index (χ1v) is 11.4. The molecule has 3 atom stereocenters. The standard InChI is InChI=1S/C24H34N2O3/c1-29-19-10-6-9-18(15-19)20-16-26(23(28)14-13-17-7-2-3-8-17)21-11-4-5-12-22(27)25-24(20)21/h6,9-10,15,17,20-21,24H,2-5,7-8,11-14,16H2,1H3,(H,25,27)/t20-,21+,24-/m0/s1. The molecule has 1 saturated carbocycles. The van der Waals surface area contributed by atoms with Gasteiger partial charge in [-0.25, -0.2) is 0 Å². The minimum Gasteiger partial charge on any atom is -0.497 e. The fourth-order valence-electron chi connectivity index (χ4n) is 5.59. The van der Waals surface area contributed by atoms with Crippen LogP contribution in [0.1, 0.15) is 75.7 Å². The number of carbonyl (C=O) groups is 2. The third-order valence-electron chi connectivity index (χ3n) is 7.21. The maximum atomic E-state index is 13.2. The molecule has 0 unspecified atom stereocenters. The van der Waals surface area contributed by atoms with Crippen LogP contribution in [-0.2, 0) is 9.59 Å². The maximum Gasteiger partial charge on any atom is 0.222 e. The Kier molecular flexibility index (Phi) is 6.41. The topological polar surface area (TPSA) is 58.6 Å². The molecule has 1 aromatic rings. The fourth-order valence-corrected chi connectivity index (χ4v) is 5.59. The molecule has 2 aliphatic heterocycles. The Balaban J connectivity index is 1.54. The van der Waals surface area contributed by atoms with Crippen molar-refractivity contribution >= 4 is 11.8 Å². The normalized spacial score (nSPS) is 27.8. The van der Waals surface area contributed by atoms with Crippen molar-refractivity contribution in [2.24, 2.45) is 5.92 Å². The zero-order chi connectivity index (χ0) is 20.2. The van der Waals surface area contributed by atoms with Gasteiger partial charge in [0.05, 0.1) is 19.2 Å². The van der Waals surface area contributed by atoms with Gasteiger partial charge in [0, 0.05) is 25.3 Å². The van der Waals surface area contributed by atoms with E-state index in [1.54, 1.807) is 7.11 Å². The molecule has 5 heteroatoms. The Morgan fingerprint density at radius 1 is 1.17 bits per heavy atom. The summed E-state index contributed by atoms with van der Waals surface area (Å²) in [6, 6.07) is 8.19. The van der Waals surface area contributed by atoms with Crippen LogP contribution in [-0.4, -0.2) is 42.5 Å². The summed E-state index contributed by atoms with van der Waals surface area (Å²) in [5, 5.41) is 3.28. The minimum atomic E-state index is -0.00895. The van der Waals surface area contributed by atoms with Crippen molar-refractivity contribution in [3.63, 3.8) is 0 Å². The van der Waals surface area contributed by atoms with Gasteiger partial charge in [-0.1, -0.05) is 44.2 Å². The minimum absolute atomic E-state index is 0.00895. The van der Waals surface area contributed by atoms with E-state index in [0.29, 0.717) is 19.4 Å². The van der Waals surface area contributed by atoms with Gasteiger partial charge in [-0.05, 0) is 42.9 Å². The summed E-state index contributed by atoms with van der Waals surface area (Å²) in [5.74, 6) is 2.05. The summed E-state index contributed by atoms with van der Waals surface area (Å²) in [7, 11) is 1.67. The van der Waals surface area contributed by atoms with Gasteiger partial charge in [-0.3, -0.25) is 9.59 Å². The monoisotopic (exact) mass is 398 g/mol. The lowest BCUT2D eigenvalue weighted by Crippen LogP contribution is -2.48. The molecule has 29 heavy (non-hydrogen) atoms. The Bertz CT molecular complexity index is 729. The molecule has 2 saturated heterocycles. The third kappa shape index (κ3) is 4.59. The highest BCUT2D eigenvalue weighted by molar-refractivity contribution is 5.79. The molecule has 2 amide bonds. The number of methoxy groups -OCH3 is 1. The summed E-state index contributed by atoms with van der Waals surface area (Å²) >= 11 is 0. The van der Waals surface area contributed by atoms with Gasteiger partial charge in [-0.15, -0.1) is 0 Å². The molecular formula is C24H34N2O3. The largest absolute Gasteiger partial charge is 0.497 e. The van der Waals surface area contributed by atoms with E-state index in [1.165, 1.54) is 25.7 Å². The van der Waals surface area contributed by atoms with Crippen molar-refractivity contribution in [3.05, 3.63) is 29.8 Å². The highest BCUT2D eigenvalue weighted by Crippen LogP contribution is 2.38. The number of nitrogens with one attached hydrogen (secondary N) is 1. The van der Waals surface area contributed by atoms with Gasteiger partial charge in [-0.2, -0.15) is 0 Å². The molecule has 158 valence electrons. The molecule has 1 N–H and O–H groups in total. The molecule has 0 bridgehead atoms. The number of likely N-dealkylation sites (tertiary alicyclic amines) is 1. The lowest BCUT2D eigenvalue weighted by molar-refractivity contribution is -0.133. The molecule has 3 aliphatic rings. The van der Waals surface area contributed by atoms with E-state index >= 15 is 0 Å². The van der Waals surface area contributed by atoms with Crippen LogP contribution in [0.5, 0.6) is 5.75 Å². The first-order chi connectivity index (χ1) is 14.2. The number of benzene rings is 1. The molecule has 2 heterocycles. The number of ether oxygens (including phenoxy) is 1. The van der Waals surface area contributed by atoms with E-state index in [4.69, 9.17) is 4.74 Å². The number of rotatable bonds is 5. The predicted molar refractivity (Wildman–Crippen MR) is 113 cm³/mol. The van der Waals surface area contributed by atoms with Crippen LogP contribution in [0.3, 0.4) is 0 Å². The number of hydrogen-bond donors (Lipinski definition) is 1. The zero-order valence-corrected chi connectivity index (χ0v) is 17.6. The summed E-state index contributed by atoms with van der Waals surface area (Å²) < 4.78 is 5.42. The van der Waals surface area contributed by atoms with Gasteiger partial charge in [0.1, 0.15) is 5.75 Å². The van der Waals surface area contributed by atoms with E-state index in [-0.39, 0.29) is 29.8 Å². The van der Waals surface area contributed by atoms with E-state index < -0.39 is 0 Å². The Hall–Kier alpha value is -2.04. The van der Waals surface area contributed by atoms with Crippen molar-refractivity contribution < 1.29 is 14.3 Å². The van der Waals surface area contributed by atoms with Crippen LogP contribution in [0.15, 0.2) is 24.3 Å². The Morgan fingerprint density at radius 2 is 1.97 bits per heavy atom. The number of carbonyl (C=O) groups excluding carboxylic acids is 2. The lowest BCUT2D eigenvalue weighted by Gasteiger charge is -2.31. The third-order valence-corrected chi connectivity index (χ3v) is 7.21. The second-order valence-electron chi connectivity index (χ2n) is 9.02. The summed E-state index contributed by atoms with van der Waals surface area (Å²) in [4.78, 5) is 27.7. The van der Waals surface area contributed by atoms with Gasteiger partial charge >= 0.3 is 0 Å². The Morgan fingerprint density at radius 3 is 2.76 bits per heavy atom. The molecule has 5 nitrogen and oxygen atoms in total. The number of nitrogens with zero attached hydrogens (tertiary/aromatic N) is 1. The quantitative estimate of drug-likeness (QED) is 0.815. The molecule has 1 aromatic carbocycles. The lowest BCUT2D eigenvalue weighted by atomic mass is 9.88. The van der Waals surface area contributed by atoms with Gasteiger partial charge in [0.25, 0.3) is 0 Å². The van der Waals surface area contributed by atoms with Crippen molar-refractivity contribution in [2.45, 2.75) is 82.2 Å². The summed E-state index contributed by atoms with van der Waals surface area (Å²) in [6.45, 7) is 0.687. The van der Waals surface area contributed by atoms with Crippen LogP contribution < -0.4 is 10.1 Å². The van der Waals surface area contributed by atoms with Gasteiger partial charge < -0.3 is 15.0 Å². The highest BCUT2D eigenvalue weighted by atomic mass is 16.5. The molecule has 1 aliphatic carbocycles. The van der Waals surface area contributed by atoms with E-state index in [2.05, 4.69) is 22.3 Å². The van der Waals surface area contributed by atoms with Crippen LogP contribution in [0.2, 0.25) is 0 Å². The highest BCUT2D eigenvalue weighted by Gasteiger charge is 2.45. The van der Waals surface area contributed by atoms with Gasteiger partial charge in [0.2, 0.25) is 11.8 Å². The van der Waals surface area contributed by atoms with Crippen LogP contribution in [0, 0.1) is 5.92 Å². The van der Waals surface area contributed by atoms with Crippen molar-refractivity contribution in [1.82, 2.24) is 10.2 Å². The van der Waals surface area contributed by atoms with Crippen molar-refractivity contribution in [1.29, 1.82) is 0 Å². The fraction of sp³-hybridized carbons (Fsp3) is 0.667. The zero-order valence-electron chi connectivity index (χ0n) is 17.6. The van der Waals surface area contributed by atoms with Crippen LogP contribution in [0.25, 0.3) is 0 Å². The van der Waals surface area contributed by atoms with Gasteiger partial charge in [0.15, 0.2) is 0 Å². The molecule has 0 spiro atoms. The first-order valence-electron chi connectivity index (χ1n) is 11.4. The summed E-state index contributed by atoms with van der Waals surface area (Å²) in [6.07, 6.45) is 10.3. The van der Waals surface area contributed by atoms with Crippen molar-refractivity contribution in [3.8, 4) is 5.75 Å². The van der Waals surface area contributed by atoms with Crippen LogP contribution in [0.4, 0.5) is 0 Å². The Labute approximate surface area is 174 Å². The average molecular weight is 399 g/mol. The van der Waals surface area contributed by atoms with E-state index in [1.807, 2.05) is 12.1 Å². The van der Waals surface area contributed by atoms with Crippen LogP contribution >= 0.6 is 0 Å². The second kappa shape index (κ2) is 9.19. The van der Waals surface area contributed by atoms with E-state index in [0.717, 1.165) is 42.9 Å². The predicted octanol–water partition coefficient (Wildman–Crippen LogP) is 4.02. The molecule has 0 aromatic heterocycles. The molecular weight excluding hydrogens is 364 g/mol. The number of fused-ring (bicyclic) bond motifs is 1. The second-order valence-corrected chi connectivity index (χ2v) is 9.02. The maximum absolute atomic E-state index is 13.2. The first kappa shape index (κ1) is 20.2. The average Bonchev–Trinajstić information content (AvgIpc) is 3.36. The SMILES string of the molecule is COc1cccc([C@@H]2CN(C(=O)CCC3CCCC3)[C@@H]3CCCCC(=O)N[C@H]32)c1. The van der Waals surface area contributed by atoms with E-state index in [9.17, 15) is 9.59 Å². The number of amides is 2. The number of hydrogen-bond acceptors (Lipinski definition) is 3. The molecule has 3 fully saturated rings. The van der Waals surface area contributed by atoms with Crippen molar-refractivity contribution in [2.75, 3.05) is 13.7 Å². The molecule has 4 rings (SSSR count). The smallest absolute Gasteiger partial charge is 0.222 e.